The molecule has 3 heterocycles. The van der Waals surface area contributed by atoms with Gasteiger partial charge in [0, 0.05) is 6.54 Å². The summed E-state index contributed by atoms with van der Waals surface area (Å²) in [5, 5.41) is 0. The minimum absolute atomic E-state index is 0.719. The molecule has 1 atom stereocenters. The van der Waals surface area contributed by atoms with Crippen LogP contribution in [0, 0.1) is 5.92 Å². The molecule has 186 valence electrons. The number of rotatable bonds is 18. The lowest BCUT2D eigenvalue weighted by molar-refractivity contribution is 0.363. The standard InChI is InChI=1S/C26H41Br2N3S2/c1-3-5-7-9-11-12-14-16-18-20(17-15-13-10-8-6-4-2)19-31-23-21(32-25(27)29-23)22-24(31)30-26(28)33-22/h20H,3-19H2,1-2H3. The lowest BCUT2D eigenvalue weighted by Crippen LogP contribution is -2.12. The molecule has 0 aromatic carbocycles. The molecule has 0 fully saturated rings. The van der Waals surface area contributed by atoms with Gasteiger partial charge in [0.05, 0.1) is 9.40 Å². The predicted molar refractivity (Wildman–Crippen MR) is 155 cm³/mol. The van der Waals surface area contributed by atoms with E-state index in [0.717, 1.165) is 31.6 Å². The van der Waals surface area contributed by atoms with Gasteiger partial charge >= 0.3 is 0 Å². The molecule has 0 amide bonds. The van der Waals surface area contributed by atoms with Crippen LogP contribution in [0.2, 0.25) is 0 Å². The second-order valence-corrected chi connectivity index (χ2v) is 14.1. The van der Waals surface area contributed by atoms with Crippen LogP contribution in [0.5, 0.6) is 0 Å². The quantitative estimate of drug-likeness (QED) is 0.133. The van der Waals surface area contributed by atoms with E-state index in [-0.39, 0.29) is 0 Å². The third-order valence-electron chi connectivity index (χ3n) is 6.76. The van der Waals surface area contributed by atoms with Crippen LogP contribution in [0.3, 0.4) is 0 Å². The number of hydrogen-bond acceptors (Lipinski definition) is 4. The highest BCUT2D eigenvalue weighted by Crippen LogP contribution is 2.40. The van der Waals surface area contributed by atoms with Crippen LogP contribution >= 0.6 is 54.5 Å². The van der Waals surface area contributed by atoms with Crippen LogP contribution in [-0.4, -0.2) is 14.5 Å². The summed E-state index contributed by atoms with van der Waals surface area (Å²) in [5.41, 5.74) is 2.24. The monoisotopic (exact) mass is 617 g/mol. The molecule has 3 aromatic heterocycles. The van der Waals surface area contributed by atoms with Gasteiger partial charge in [0.1, 0.15) is 0 Å². The highest BCUT2D eigenvalue weighted by Gasteiger charge is 2.21. The first-order valence-corrected chi connectivity index (χ1v) is 16.5. The van der Waals surface area contributed by atoms with Crippen molar-refractivity contribution in [3.8, 4) is 0 Å². The second-order valence-electron chi connectivity index (χ2n) is 9.54. The van der Waals surface area contributed by atoms with Crippen LogP contribution in [-0.2, 0) is 6.54 Å². The van der Waals surface area contributed by atoms with Crippen LogP contribution in [0.4, 0.5) is 0 Å². The highest BCUT2D eigenvalue weighted by atomic mass is 79.9. The molecule has 7 heteroatoms. The van der Waals surface area contributed by atoms with Gasteiger partial charge < -0.3 is 4.57 Å². The third kappa shape index (κ3) is 8.57. The summed E-state index contributed by atoms with van der Waals surface area (Å²) in [5.74, 6) is 0.719. The van der Waals surface area contributed by atoms with E-state index in [1.165, 1.54) is 112 Å². The van der Waals surface area contributed by atoms with E-state index in [1.54, 1.807) is 22.7 Å². The number of fused-ring (bicyclic) bond motifs is 3. The van der Waals surface area contributed by atoms with E-state index in [9.17, 15) is 0 Å². The Morgan fingerprint density at radius 3 is 1.45 bits per heavy atom. The van der Waals surface area contributed by atoms with E-state index in [1.807, 2.05) is 0 Å². The normalized spacial score (nSPS) is 13.0. The van der Waals surface area contributed by atoms with E-state index < -0.39 is 0 Å². The largest absolute Gasteiger partial charge is 0.308 e. The van der Waals surface area contributed by atoms with E-state index in [0.29, 0.717) is 0 Å². The molecular weight excluding hydrogens is 578 g/mol. The molecule has 0 radical (unpaired) electrons. The Labute approximate surface area is 225 Å². The Morgan fingerprint density at radius 2 is 1.03 bits per heavy atom. The van der Waals surface area contributed by atoms with Crippen molar-refractivity contribution in [1.82, 2.24) is 14.5 Å². The smallest absolute Gasteiger partial charge is 0.162 e. The SMILES string of the molecule is CCCCCCCCCCC(CCCCCCCC)Cn1c2nc(Br)sc2c2sc(Br)nc21. The minimum atomic E-state index is 0.719. The van der Waals surface area contributed by atoms with Gasteiger partial charge in [-0.2, -0.15) is 0 Å². The van der Waals surface area contributed by atoms with E-state index in [4.69, 9.17) is 9.97 Å². The lowest BCUT2D eigenvalue weighted by Gasteiger charge is -2.18. The molecular formula is C26H41Br2N3S2. The van der Waals surface area contributed by atoms with Crippen molar-refractivity contribution >= 4 is 75.2 Å². The second kappa shape index (κ2) is 15.2. The van der Waals surface area contributed by atoms with Gasteiger partial charge in [-0.25, -0.2) is 9.97 Å². The average Bonchev–Trinajstić information content (AvgIpc) is 3.43. The molecule has 0 saturated heterocycles. The van der Waals surface area contributed by atoms with Gasteiger partial charge in [0.25, 0.3) is 0 Å². The van der Waals surface area contributed by atoms with Gasteiger partial charge in [0.2, 0.25) is 0 Å². The maximum absolute atomic E-state index is 4.83. The predicted octanol–water partition coefficient (Wildman–Crippen LogP) is 11.1. The zero-order chi connectivity index (χ0) is 23.5. The Kier molecular flexibility index (Phi) is 12.7. The van der Waals surface area contributed by atoms with Crippen molar-refractivity contribution in [3.63, 3.8) is 0 Å². The number of hydrogen-bond donors (Lipinski definition) is 0. The Hall–Kier alpha value is 0.0200. The van der Waals surface area contributed by atoms with Gasteiger partial charge in [-0.3, -0.25) is 0 Å². The van der Waals surface area contributed by atoms with Gasteiger partial charge in [-0.15, -0.1) is 22.7 Å². The molecule has 0 N–H and O–H groups in total. The molecule has 0 aliphatic heterocycles. The summed E-state index contributed by atoms with van der Waals surface area (Å²) in [6, 6.07) is 0. The number of aromatic nitrogens is 3. The number of unbranched alkanes of at least 4 members (excludes halogenated alkanes) is 12. The molecule has 0 aliphatic carbocycles. The minimum Gasteiger partial charge on any atom is -0.308 e. The van der Waals surface area contributed by atoms with Crippen LogP contribution in [0.15, 0.2) is 7.83 Å². The fourth-order valence-corrected chi connectivity index (χ4v) is 7.89. The first-order valence-electron chi connectivity index (χ1n) is 13.2. The molecule has 1 unspecified atom stereocenters. The van der Waals surface area contributed by atoms with Crippen molar-refractivity contribution in [3.05, 3.63) is 7.83 Å². The summed E-state index contributed by atoms with van der Waals surface area (Å²) in [6.45, 7) is 5.65. The fourth-order valence-electron chi connectivity index (χ4n) is 4.87. The molecule has 0 spiro atoms. The number of halogens is 2. The molecule has 3 rings (SSSR count). The van der Waals surface area contributed by atoms with Crippen molar-refractivity contribution in [2.75, 3.05) is 0 Å². The maximum Gasteiger partial charge on any atom is 0.162 e. The van der Waals surface area contributed by atoms with Crippen molar-refractivity contribution in [2.45, 2.75) is 123 Å². The van der Waals surface area contributed by atoms with Crippen LogP contribution < -0.4 is 0 Å². The molecule has 3 aromatic rings. The maximum atomic E-state index is 4.83. The van der Waals surface area contributed by atoms with Crippen molar-refractivity contribution in [2.24, 2.45) is 5.92 Å². The highest BCUT2D eigenvalue weighted by molar-refractivity contribution is 9.11. The number of nitrogens with zero attached hydrogens (tertiary/aromatic N) is 3. The van der Waals surface area contributed by atoms with Crippen LogP contribution in [0.25, 0.3) is 20.7 Å². The Morgan fingerprint density at radius 1 is 0.636 bits per heavy atom. The summed E-state index contributed by atoms with van der Waals surface area (Å²) >= 11 is 10.7. The molecule has 0 aliphatic rings. The van der Waals surface area contributed by atoms with Crippen molar-refractivity contribution < 1.29 is 0 Å². The first kappa shape index (κ1) is 27.6. The molecule has 33 heavy (non-hydrogen) atoms. The topological polar surface area (TPSA) is 30.7 Å². The summed E-state index contributed by atoms with van der Waals surface area (Å²) in [4.78, 5) is 9.66. The zero-order valence-electron chi connectivity index (χ0n) is 20.5. The molecule has 0 bridgehead atoms. The summed E-state index contributed by atoms with van der Waals surface area (Å²) in [6.07, 6.45) is 22.1. The lowest BCUT2D eigenvalue weighted by atomic mass is 9.94. The van der Waals surface area contributed by atoms with Gasteiger partial charge in [-0.05, 0) is 50.6 Å². The molecule has 0 saturated carbocycles. The van der Waals surface area contributed by atoms with E-state index >= 15 is 0 Å². The third-order valence-corrected chi connectivity index (χ3v) is 9.91. The number of thiazole rings is 2. The van der Waals surface area contributed by atoms with Gasteiger partial charge in [-0.1, -0.05) is 104 Å². The van der Waals surface area contributed by atoms with Crippen molar-refractivity contribution in [1.29, 1.82) is 0 Å². The molecule has 3 nitrogen and oxygen atoms in total. The zero-order valence-corrected chi connectivity index (χ0v) is 25.3. The van der Waals surface area contributed by atoms with Gasteiger partial charge in [0.15, 0.2) is 19.1 Å². The van der Waals surface area contributed by atoms with Crippen LogP contribution in [0.1, 0.15) is 117 Å². The fraction of sp³-hybridized carbons (Fsp3) is 0.769. The first-order chi connectivity index (χ1) is 16.1. The Balaban J connectivity index is 1.59. The summed E-state index contributed by atoms with van der Waals surface area (Å²) < 4.78 is 6.93. The average molecular weight is 620 g/mol. The Bertz CT molecular complexity index is 892. The van der Waals surface area contributed by atoms with E-state index in [2.05, 4.69) is 50.3 Å². The summed E-state index contributed by atoms with van der Waals surface area (Å²) in [7, 11) is 0.